The zero-order valence-corrected chi connectivity index (χ0v) is 8.67. The average Bonchev–Trinajstić information content (AvgIpc) is 1.90. The molecule has 0 rings (SSSR count). The van der Waals surface area contributed by atoms with E-state index < -0.39 is 9.04 Å². The molecule has 66 valence electrons. The van der Waals surface area contributed by atoms with E-state index in [1.54, 1.807) is 0 Å². The highest BCUT2D eigenvalue weighted by molar-refractivity contribution is 6.50. The molecule has 0 aromatic heterocycles. The smallest absolute Gasteiger partial charge is 0.231 e. The number of carbonyl (C=O) groups excluding carboxylic acids is 1. The monoisotopic (exact) mass is 175 g/mol. The van der Waals surface area contributed by atoms with Crippen LogP contribution in [0.15, 0.2) is 0 Å². The quantitative estimate of drug-likeness (QED) is 0.401. The van der Waals surface area contributed by atoms with E-state index in [9.17, 15) is 0 Å². The van der Waals surface area contributed by atoms with Gasteiger partial charge in [-0.25, -0.2) is 10.2 Å². The third-order valence-corrected chi connectivity index (χ3v) is 3.44. The van der Waals surface area contributed by atoms with Crippen molar-refractivity contribution >= 4 is 15.1 Å². The molecule has 0 saturated heterocycles. The summed E-state index contributed by atoms with van der Waals surface area (Å²) in [5.74, 6) is 0. The van der Waals surface area contributed by atoms with Gasteiger partial charge in [0.15, 0.2) is 9.04 Å². The predicted octanol–water partition coefficient (Wildman–Crippen LogP) is 1.69. The summed E-state index contributed by atoms with van der Waals surface area (Å²) in [5.41, 5.74) is 0. The van der Waals surface area contributed by atoms with Gasteiger partial charge in [-0.15, -0.1) is 0 Å². The number of nitrogens with one attached hydrogen (secondary N) is 1. The summed E-state index contributed by atoms with van der Waals surface area (Å²) in [6, 6.07) is 1.33. The third-order valence-electron chi connectivity index (χ3n) is 1.15. The molecule has 1 atom stereocenters. The lowest BCUT2D eigenvalue weighted by molar-refractivity contribution is 0.345. The highest BCUT2D eigenvalue weighted by Crippen LogP contribution is 1.96. The fraction of sp³-hybridized carbons (Fsp3) is 0.857. The molecular weight excluding hydrogens is 158 g/mol. The van der Waals surface area contributed by atoms with E-state index in [4.69, 9.17) is 14.6 Å². The molecule has 1 N–H and O–H groups in total. The van der Waals surface area contributed by atoms with Gasteiger partial charge >= 0.3 is 0 Å². The van der Waals surface area contributed by atoms with E-state index in [1.807, 2.05) is 0 Å². The van der Waals surface area contributed by atoms with E-state index in [-0.39, 0.29) is 0 Å². The molecular formula is C7H17NO2Si. The average molecular weight is 175 g/mol. The van der Waals surface area contributed by atoms with Gasteiger partial charge in [0, 0.05) is 6.61 Å². The molecule has 0 aromatic rings. The molecule has 0 saturated carbocycles. The van der Waals surface area contributed by atoms with Crippen molar-refractivity contribution in [1.82, 2.24) is 0 Å². The van der Waals surface area contributed by atoms with Crippen molar-refractivity contribution < 1.29 is 9.22 Å². The Morgan fingerprint density at radius 3 is 2.27 bits per heavy atom. The lowest BCUT2D eigenvalue weighted by Crippen LogP contribution is -2.11. The number of hydrogen-bond acceptors (Lipinski definition) is 3. The minimum atomic E-state index is -0.702. The van der Waals surface area contributed by atoms with Crippen LogP contribution in [0.2, 0.25) is 12.6 Å². The van der Waals surface area contributed by atoms with Gasteiger partial charge in [-0.2, -0.15) is 0 Å². The van der Waals surface area contributed by atoms with Crippen LogP contribution in [0.25, 0.3) is 0 Å². The Bertz CT molecular complexity index is 96.6. The summed E-state index contributed by atoms with van der Waals surface area (Å²) >= 11 is 0. The standard InChI is InChI=1S/C6H16OSi.CHNO/c1-4-6-8(3)7-5-2;2-1-3/h8H,4-6H2,1-3H3;2H. The minimum Gasteiger partial charge on any atom is -0.421 e. The van der Waals surface area contributed by atoms with Crippen LogP contribution < -0.4 is 0 Å². The molecule has 3 nitrogen and oxygen atoms in total. The molecule has 0 aliphatic carbocycles. The Morgan fingerprint density at radius 1 is 1.55 bits per heavy atom. The molecule has 0 fully saturated rings. The van der Waals surface area contributed by atoms with E-state index in [0.717, 1.165) is 12.7 Å². The SMILES string of the molecule is CCC[SiH](C)OCC.N=C=O. The van der Waals surface area contributed by atoms with Crippen molar-refractivity contribution in [2.24, 2.45) is 0 Å². The first kappa shape index (κ1) is 13.2. The van der Waals surface area contributed by atoms with Gasteiger partial charge in [-0.05, 0) is 19.5 Å². The highest BCUT2D eigenvalue weighted by atomic mass is 28.3. The number of isocyanates is 1. The predicted molar refractivity (Wildman–Crippen MR) is 48.2 cm³/mol. The summed E-state index contributed by atoms with van der Waals surface area (Å²) in [6.45, 7) is 7.45. The third kappa shape index (κ3) is 17.7. The maximum Gasteiger partial charge on any atom is 0.231 e. The molecule has 0 aliphatic heterocycles. The van der Waals surface area contributed by atoms with Crippen LogP contribution >= 0.6 is 0 Å². The zero-order valence-electron chi connectivity index (χ0n) is 7.52. The fourth-order valence-corrected chi connectivity index (χ4v) is 2.32. The second-order valence-corrected chi connectivity index (χ2v) is 4.69. The lowest BCUT2D eigenvalue weighted by Gasteiger charge is -2.06. The highest BCUT2D eigenvalue weighted by Gasteiger charge is 1.98. The molecule has 0 radical (unpaired) electrons. The Kier molecular flexibility index (Phi) is 14.7. The Hall–Kier alpha value is -0.443. The Morgan fingerprint density at radius 2 is 2.00 bits per heavy atom. The van der Waals surface area contributed by atoms with Crippen LogP contribution in [-0.4, -0.2) is 21.7 Å². The molecule has 0 aliphatic rings. The van der Waals surface area contributed by atoms with E-state index in [0.29, 0.717) is 0 Å². The van der Waals surface area contributed by atoms with Gasteiger partial charge < -0.3 is 4.43 Å². The molecule has 0 heterocycles. The second-order valence-electron chi connectivity index (χ2n) is 2.16. The number of rotatable bonds is 4. The van der Waals surface area contributed by atoms with Crippen molar-refractivity contribution in [1.29, 1.82) is 5.41 Å². The van der Waals surface area contributed by atoms with Crippen LogP contribution in [0.3, 0.4) is 0 Å². The molecule has 0 spiro atoms. The van der Waals surface area contributed by atoms with E-state index in [1.165, 1.54) is 12.5 Å². The van der Waals surface area contributed by atoms with Crippen LogP contribution in [0.4, 0.5) is 0 Å². The van der Waals surface area contributed by atoms with E-state index in [2.05, 4.69) is 20.4 Å². The Labute approximate surface area is 70.0 Å². The van der Waals surface area contributed by atoms with Gasteiger partial charge in [0.2, 0.25) is 6.08 Å². The molecule has 4 heteroatoms. The first-order chi connectivity index (χ1) is 5.22. The van der Waals surface area contributed by atoms with Crippen LogP contribution in [0.5, 0.6) is 0 Å². The van der Waals surface area contributed by atoms with Crippen molar-refractivity contribution in [2.75, 3.05) is 6.61 Å². The van der Waals surface area contributed by atoms with Crippen molar-refractivity contribution in [3.63, 3.8) is 0 Å². The summed E-state index contributed by atoms with van der Waals surface area (Å²) < 4.78 is 5.42. The normalized spacial score (nSPS) is 10.8. The first-order valence-electron chi connectivity index (χ1n) is 3.88. The van der Waals surface area contributed by atoms with Crippen LogP contribution in [0.1, 0.15) is 20.3 Å². The summed E-state index contributed by atoms with van der Waals surface area (Å²) in [6.07, 6.45) is 2.04. The molecule has 0 aromatic carbocycles. The largest absolute Gasteiger partial charge is 0.421 e. The molecule has 11 heavy (non-hydrogen) atoms. The summed E-state index contributed by atoms with van der Waals surface area (Å²) in [4.78, 5) is 8.35. The molecule has 0 amide bonds. The number of hydrogen-bond donors (Lipinski definition) is 1. The maximum atomic E-state index is 8.35. The minimum absolute atomic E-state index is 0.702. The van der Waals surface area contributed by atoms with Crippen LogP contribution in [0, 0.1) is 5.41 Å². The topological polar surface area (TPSA) is 50.1 Å². The van der Waals surface area contributed by atoms with Gasteiger partial charge in [0.1, 0.15) is 0 Å². The van der Waals surface area contributed by atoms with Gasteiger partial charge in [0.25, 0.3) is 0 Å². The lowest BCUT2D eigenvalue weighted by atomic mass is 10.6. The first-order valence-corrected chi connectivity index (χ1v) is 6.32. The zero-order chi connectivity index (χ0) is 9.11. The van der Waals surface area contributed by atoms with Gasteiger partial charge in [-0.1, -0.05) is 13.3 Å². The fourth-order valence-electron chi connectivity index (χ4n) is 0.774. The maximum absolute atomic E-state index is 8.35. The summed E-state index contributed by atoms with van der Waals surface area (Å²) in [7, 11) is -0.702. The second kappa shape index (κ2) is 12.3. The Balaban J connectivity index is 0. The van der Waals surface area contributed by atoms with E-state index >= 15 is 0 Å². The van der Waals surface area contributed by atoms with Gasteiger partial charge in [-0.3, -0.25) is 0 Å². The molecule has 0 bridgehead atoms. The van der Waals surface area contributed by atoms with Crippen molar-refractivity contribution in [3.8, 4) is 0 Å². The summed E-state index contributed by atoms with van der Waals surface area (Å²) in [5, 5.41) is 5.40. The van der Waals surface area contributed by atoms with Crippen molar-refractivity contribution in [2.45, 2.75) is 32.9 Å². The molecule has 1 unspecified atom stereocenters. The van der Waals surface area contributed by atoms with Gasteiger partial charge in [0.05, 0.1) is 0 Å². The van der Waals surface area contributed by atoms with Crippen LogP contribution in [-0.2, 0) is 9.22 Å². The van der Waals surface area contributed by atoms with Crippen molar-refractivity contribution in [3.05, 3.63) is 0 Å².